The van der Waals surface area contributed by atoms with Gasteiger partial charge in [-0.15, -0.1) is 6.58 Å². The van der Waals surface area contributed by atoms with Gasteiger partial charge in [0.2, 0.25) is 0 Å². The molecule has 1 heteroatoms. The summed E-state index contributed by atoms with van der Waals surface area (Å²) in [6, 6.07) is 0.722. The molecule has 0 amide bonds. The van der Waals surface area contributed by atoms with Crippen LogP contribution >= 0.6 is 0 Å². The first-order chi connectivity index (χ1) is 5.35. The second kappa shape index (κ2) is 7.80. The Balaban J connectivity index is 3.27. The summed E-state index contributed by atoms with van der Waals surface area (Å²) in [6.07, 6.45) is 8.29. The highest BCUT2D eigenvalue weighted by molar-refractivity contribution is 4.69. The van der Waals surface area contributed by atoms with Crippen molar-refractivity contribution in [1.29, 1.82) is 0 Å². The van der Waals surface area contributed by atoms with Crippen molar-refractivity contribution in [2.24, 2.45) is 0 Å². The van der Waals surface area contributed by atoms with Gasteiger partial charge in [0.1, 0.15) is 0 Å². The molecule has 0 aliphatic rings. The normalized spacial score (nSPS) is 12.9. The first kappa shape index (κ1) is 10.7. The molecular formula is C10H21N. The Kier molecular flexibility index (Phi) is 7.59. The number of unbranched alkanes of at least 4 members (excludes halogenated alkanes) is 1. The van der Waals surface area contributed by atoms with Gasteiger partial charge in [0.25, 0.3) is 0 Å². The molecule has 66 valence electrons. The maximum Gasteiger partial charge on any atom is 0.00640 e. The zero-order valence-corrected chi connectivity index (χ0v) is 7.90. The van der Waals surface area contributed by atoms with Crippen LogP contribution in [-0.4, -0.2) is 13.1 Å². The Morgan fingerprint density at radius 3 is 2.64 bits per heavy atom. The fraction of sp³-hybridized carbons (Fsp3) is 0.800. The van der Waals surface area contributed by atoms with Gasteiger partial charge < -0.3 is 5.32 Å². The van der Waals surface area contributed by atoms with Crippen LogP contribution in [0.1, 0.15) is 39.0 Å². The Morgan fingerprint density at radius 1 is 1.45 bits per heavy atom. The van der Waals surface area contributed by atoms with E-state index in [1.54, 1.807) is 0 Å². The summed E-state index contributed by atoms with van der Waals surface area (Å²) in [5.41, 5.74) is 0. The highest BCUT2D eigenvalue weighted by atomic mass is 14.9. The highest BCUT2D eigenvalue weighted by Crippen LogP contribution is 2.06. The van der Waals surface area contributed by atoms with Crippen molar-refractivity contribution in [2.75, 3.05) is 7.05 Å². The number of nitrogens with one attached hydrogen (secondary N) is 1. The monoisotopic (exact) mass is 155 g/mol. The van der Waals surface area contributed by atoms with Gasteiger partial charge in [-0.2, -0.15) is 0 Å². The predicted molar refractivity (Wildman–Crippen MR) is 51.8 cm³/mol. The summed E-state index contributed by atoms with van der Waals surface area (Å²) in [6.45, 7) is 5.94. The number of hydrogen-bond acceptors (Lipinski definition) is 1. The molecule has 0 fully saturated rings. The smallest absolute Gasteiger partial charge is 0.00640 e. The van der Waals surface area contributed by atoms with Crippen molar-refractivity contribution < 1.29 is 0 Å². The van der Waals surface area contributed by atoms with Crippen molar-refractivity contribution in [3.63, 3.8) is 0 Å². The summed E-state index contributed by atoms with van der Waals surface area (Å²) in [5, 5.41) is 3.33. The largest absolute Gasteiger partial charge is 0.317 e. The molecule has 11 heavy (non-hydrogen) atoms. The zero-order chi connectivity index (χ0) is 8.53. The molecule has 1 N–H and O–H groups in total. The minimum atomic E-state index is 0.722. The maximum absolute atomic E-state index is 3.71. The predicted octanol–water partition coefficient (Wildman–Crippen LogP) is 2.73. The van der Waals surface area contributed by atoms with Crippen molar-refractivity contribution in [3.8, 4) is 0 Å². The van der Waals surface area contributed by atoms with E-state index >= 15 is 0 Å². The van der Waals surface area contributed by atoms with E-state index < -0.39 is 0 Å². The van der Waals surface area contributed by atoms with Gasteiger partial charge in [-0.05, 0) is 32.7 Å². The minimum absolute atomic E-state index is 0.722. The van der Waals surface area contributed by atoms with Gasteiger partial charge in [0.05, 0.1) is 0 Å². The van der Waals surface area contributed by atoms with Gasteiger partial charge in [-0.3, -0.25) is 0 Å². The quantitative estimate of drug-likeness (QED) is 0.440. The third kappa shape index (κ3) is 6.11. The lowest BCUT2D eigenvalue weighted by Crippen LogP contribution is -2.24. The van der Waals surface area contributed by atoms with Crippen LogP contribution in [0.15, 0.2) is 12.7 Å². The highest BCUT2D eigenvalue weighted by Gasteiger charge is 2.01. The topological polar surface area (TPSA) is 12.0 Å². The van der Waals surface area contributed by atoms with Gasteiger partial charge in [-0.25, -0.2) is 0 Å². The van der Waals surface area contributed by atoms with Crippen molar-refractivity contribution in [3.05, 3.63) is 12.7 Å². The number of hydrogen-bond donors (Lipinski definition) is 1. The summed E-state index contributed by atoms with van der Waals surface area (Å²) in [5.74, 6) is 0. The zero-order valence-electron chi connectivity index (χ0n) is 7.90. The first-order valence-electron chi connectivity index (χ1n) is 4.63. The standard InChI is InChI=1S/C10H21N/c1-4-6-7-9-10(11-3)8-5-2/h4,10-11H,1,5-9H2,2-3H3. The minimum Gasteiger partial charge on any atom is -0.317 e. The molecule has 0 saturated heterocycles. The Labute approximate surface area is 70.9 Å². The molecule has 0 aliphatic heterocycles. The molecule has 0 bridgehead atoms. The molecule has 1 atom stereocenters. The van der Waals surface area contributed by atoms with E-state index in [-0.39, 0.29) is 0 Å². The second-order valence-electron chi connectivity index (χ2n) is 2.99. The lowest BCUT2D eigenvalue weighted by atomic mass is 10.1. The van der Waals surface area contributed by atoms with E-state index in [0.29, 0.717) is 0 Å². The third-order valence-corrected chi connectivity index (χ3v) is 2.01. The van der Waals surface area contributed by atoms with Crippen LogP contribution in [0.25, 0.3) is 0 Å². The second-order valence-corrected chi connectivity index (χ2v) is 2.99. The van der Waals surface area contributed by atoms with Gasteiger partial charge in [0.15, 0.2) is 0 Å². The Hall–Kier alpha value is -0.300. The van der Waals surface area contributed by atoms with Crippen LogP contribution < -0.4 is 5.32 Å². The van der Waals surface area contributed by atoms with Gasteiger partial charge >= 0.3 is 0 Å². The maximum atomic E-state index is 3.71. The molecule has 0 heterocycles. The number of rotatable bonds is 7. The summed E-state index contributed by atoms with van der Waals surface area (Å²) in [7, 11) is 2.05. The average molecular weight is 155 g/mol. The van der Waals surface area contributed by atoms with Crippen LogP contribution in [0.4, 0.5) is 0 Å². The lowest BCUT2D eigenvalue weighted by Gasteiger charge is -2.13. The lowest BCUT2D eigenvalue weighted by molar-refractivity contribution is 0.471. The molecule has 0 radical (unpaired) electrons. The Morgan fingerprint density at radius 2 is 2.18 bits per heavy atom. The average Bonchev–Trinajstić information content (AvgIpc) is 2.03. The summed E-state index contributed by atoms with van der Waals surface area (Å²) >= 11 is 0. The molecule has 0 spiro atoms. The molecule has 0 aliphatic carbocycles. The molecule has 0 aromatic rings. The fourth-order valence-corrected chi connectivity index (χ4v) is 1.29. The van der Waals surface area contributed by atoms with E-state index in [4.69, 9.17) is 0 Å². The van der Waals surface area contributed by atoms with Crippen LogP contribution in [0.5, 0.6) is 0 Å². The molecule has 1 unspecified atom stereocenters. The molecule has 0 rings (SSSR count). The van der Waals surface area contributed by atoms with Crippen LogP contribution in [0.3, 0.4) is 0 Å². The summed E-state index contributed by atoms with van der Waals surface area (Å²) < 4.78 is 0. The van der Waals surface area contributed by atoms with E-state index in [0.717, 1.165) is 12.5 Å². The number of allylic oxidation sites excluding steroid dienone is 1. The molecule has 1 nitrogen and oxygen atoms in total. The van der Waals surface area contributed by atoms with Crippen LogP contribution in [-0.2, 0) is 0 Å². The molecular weight excluding hydrogens is 134 g/mol. The SMILES string of the molecule is C=CCCCC(CCC)NC. The first-order valence-corrected chi connectivity index (χ1v) is 4.63. The van der Waals surface area contributed by atoms with Gasteiger partial charge in [-0.1, -0.05) is 19.4 Å². The van der Waals surface area contributed by atoms with Crippen LogP contribution in [0, 0.1) is 0 Å². The van der Waals surface area contributed by atoms with Crippen molar-refractivity contribution in [2.45, 2.75) is 45.1 Å². The van der Waals surface area contributed by atoms with E-state index in [2.05, 4.69) is 18.8 Å². The Bertz CT molecular complexity index is 88.9. The van der Waals surface area contributed by atoms with Gasteiger partial charge in [0, 0.05) is 6.04 Å². The van der Waals surface area contributed by atoms with Crippen molar-refractivity contribution in [1.82, 2.24) is 5.32 Å². The molecule has 0 aromatic heterocycles. The summed E-state index contributed by atoms with van der Waals surface area (Å²) in [4.78, 5) is 0. The van der Waals surface area contributed by atoms with E-state index in [1.165, 1.54) is 25.7 Å². The third-order valence-electron chi connectivity index (χ3n) is 2.01. The van der Waals surface area contributed by atoms with Crippen LogP contribution in [0.2, 0.25) is 0 Å². The fourth-order valence-electron chi connectivity index (χ4n) is 1.29. The van der Waals surface area contributed by atoms with E-state index in [9.17, 15) is 0 Å². The molecule has 0 saturated carbocycles. The van der Waals surface area contributed by atoms with E-state index in [1.807, 2.05) is 13.1 Å². The van der Waals surface area contributed by atoms with Crippen molar-refractivity contribution >= 4 is 0 Å². The molecule has 0 aromatic carbocycles.